The summed E-state index contributed by atoms with van der Waals surface area (Å²) < 4.78 is 5.61. The van der Waals surface area contributed by atoms with Gasteiger partial charge in [0.05, 0.1) is 11.2 Å². The fourth-order valence-corrected chi connectivity index (χ4v) is 1.05. The molecule has 0 spiro atoms. The third kappa shape index (κ3) is 6.73. The summed E-state index contributed by atoms with van der Waals surface area (Å²) in [7, 11) is 1.54. The smallest absolute Gasteiger partial charge is 0.334 e. The Bertz CT molecular complexity index is 447. The average molecular weight is 292 g/mol. The van der Waals surface area contributed by atoms with Gasteiger partial charge < -0.3 is 15.5 Å². The summed E-state index contributed by atoms with van der Waals surface area (Å²) in [4.78, 5) is 8.28. The molecule has 0 saturated heterocycles. The van der Waals surface area contributed by atoms with Crippen LogP contribution in [0.4, 0.5) is 0 Å². The van der Waals surface area contributed by atoms with Crippen molar-refractivity contribution in [2.24, 2.45) is 5.73 Å². The van der Waals surface area contributed by atoms with Crippen molar-refractivity contribution < 1.29 is 9.76 Å². The van der Waals surface area contributed by atoms with E-state index >= 15 is 0 Å². The molecule has 117 valence electrons. The first-order chi connectivity index (χ1) is 9.62. The summed E-state index contributed by atoms with van der Waals surface area (Å²) in [6.07, 6.45) is 4.97. The first-order valence-corrected chi connectivity index (χ1v) is 7.11. The Morgan fingerprint density at radius 3 is 2.10 bits per heavy atom. The van der Waals surface area contributed by atoms with Gasteiger partial charge in [0, 0.05) is 24.2 Å². The Morgan fingerprint density at radius 1 is 1.24 bits per heavy atom. The molecule has 6 heteroatoms. The zero-order valence-electron chi connectivity index (χ0n) is 14.1. The van der Waals surface area contributed by atoms with Gasteiger partial charge in [0.15, 0.2) is 5.82 Å². The number of aromatic nitrogens is 2. The van der Waals surface area contributed by atoms with Crippen molar-refractivity contribution in [1.82, 2.24) is 9.97 Å². The molecule has 1 aromatic rings. The lowest BCUT2D eigenvalue weighted by Crippen LogP contribution is -2.49. The number of nitrogens with zero attached hydrogens (tertiary/aromatic N) is 2. The Balaban J connectivity index is 0.00000191. The van der Waals surface area contributed by atoms with Crippen LogP contribution in [0.3, 0.4) is 0 Å². The number of nitrogens with two attached hydrogens (primary N) is 1. The van der Waals surface area contributed by atoms with Gasteiger partial charge in [-0.25, -0.2) is 9.97 Å². The molecule has 0 aliphatic rings. The van der Waals surface area contributed by atoms with E-state index in [0.29, 0.717) is 11.5 Å². The summed E-state index contributed by atoms with van der Waals surface area (Å²) in [6, 6.07) is 0. The van der Waals surface area contributed by atoms with Crippen LogP contribution >= 0.6 is 0 Å². The lowest BCUT2D eigenvalue weighted by molar-refractivity contribution is -0.0893. The molecule has 0 bridgehead atoms. The van der Waals surface area contributed by atoms with Crippen LogP contribution in [0.5, 0.6) is 0 Å². The van der Waals surface area contributed by atoms with Gasteiger partial charge in [-0.05, 0) is 40.1 Å². The maximum atomic E-state index is 9.97. The summed E-state index contributed by atoms with van der Waals surface area (Å²) >= 11 is 0. The summed E-state index contributed by atoms with van der Waals surface area (Å²) in [5.74, 6) is 0.555. The van der Waals surface area contributed by atoms with Crippen LogP contribution in [0.1, 0.15) is 54.3 Å². The minimum atomic E-state index is -0.955. The van der Waals surface area contributed by atoms with Crippen molar-refractivity contribution in [3.8, 4) is 0 Å². The first kappa shape index (κ1) is 19.6. The predicted molar refractivity (Wildman–Crippen MR) is 88.1 cm³/mol. The highest BCUT2D eigenvalue weighted by atomic mass is 16.5. The fourth-order valence-electron chi connectivity index (χ4n) is 1.05. The van der Waals surface area contributed by atoms with E-state index in [0.717, 1.165) is 5.46 Å². The van der Waals surface area contributed by atoms with E-state index in [1.165, 1.54) is 0 Å². The van der Waals surface area contributed by atoms with Crippen molar-refractivity contribution >= 4 is 19.0 Å². The normalized spacial score (nSPS) is 12.5. The van der Waals surface area contributed by atoms with Crippen molar-refractivity contribution in [3.63, 3.8) is 0 Å². The molecule has 0 atom stereocenters. The SMILES string of the molecule is C/C(N)=C/c1ncc([B]OC(C)(C)C(C)(C)O)cn1.CC. The van der Waals surface area contributed by atoms with E-state index in [2.05, 4.69) is 9.97 Å². The lowest BCUT2D eigenvalue weighted by Gasteiger charge is -2.37. The van der Waals surface area contributed by atoms with Crippen LogP contribution in [-0.2, 0) is 4.65 Å². The quantitative estimate of drug-likeness (QED) is 0.806. The minimum Gasteiger partial charge on any atom is -0.427 e. The zero-order valence-corrected chi connectivity index (χ0v) is 14.1. The van der Waals surface area contributed by atoms with Gasteiger partial charge in [-0.2, -0.15) is 0 Å². The number of allylic oxidation sites excluding steroid dienone is 1. The van der Waals surface area contributed by atoms with Gasteiger partial charge in [0.1, 0.15) is 0 Å². The summed E-state index contributed by atoms with van der Waals surface area (Å²) in [5, 5.41) is 9.97. The van der Waals surface area contributed by atoms with Gasteiger partial charge in [-0.15, -0.1) is 0 Å². The highest BCUT2D eigenvalue weighted by Gasteiger charge is 2.35. The molecule has 1 radical (unpaired) electrons. The Morgan fingerprint density at radius 2 is 1.71 bits per heavy atom. The minimum absolute atomic E-state index is 0.555. The highest BCUT2D eigenvalue weighted by molar-refractivity contribution is 6.46. The molecule has 0 fully saturated rings. The molecular formula is C15H27BN3O2. The molecule has 1 aromatic heterocycles. The molecule has 21 heavy (non-hydrogen) atoms. The largest absolute Gasteiger partial charge is 0.427 e. The maximum Gasteiger partial charge on any atom is 0.334 e. The molecule has 0 saturated carbocycles. The second kappa shape index (κ2) is 8.15. The van der Waals surface area contributed by atoms with Crippen LogP contribution in [0.25, 0.3) is 6.08 Å². The molecule has 1 rings (SSSR count). The van der Waals surface area contributed by atoms with Crippen molar-refractivity contribution in [1.29, 1.82) is 0 Å². The van der Waals surface area contributed by atoms with Crippen molar-refractivity contribution in [2.75, 3.05) is 0 Å². The Kier molecular flexibility index (Phi) is 7.61. The lowest BCUT2D eigenvalue weighted by atomic mass is 9.84. The van der Waals surface area contributed by atoms with Gasteiger partial charge >= 0.3 is 7.48 Å². The van der Waals surface area contributed by atoms with Crippen molar-refractivity contribution in [2.45, 2.75) is 59.7 Å². The standard InChI is InChI=1S/C13H21BN3O2.C2H6/c1-9(15)6-11-16-7-10(8-17-11)14-19-13(4,5)12(2,3)18;1-2/h6-8,18H,15H2,1-5H3;1-2H3/b9-6-;. The molecule has 0 aromatic carbocycles. The van der Waals surface area contributed by atoms with E-state index in [4.69, 9.17) is 10.4 Å². The van der Waals surface area contributed by atoms with Crippen LogP contribution in [0.15, 0.2) is 18.1 Å². The second-order valence-electron chi connectivity index (χ2n) is 5.57. The first-order valence-electron chi connectivity index (χ1n) is 7.11. The Hall–Kier alpha value is -1.40. The zero-order chi connectivity index (χ0) is 16.7. The second-order valence-corrected chi connectivity index (χ2v) is 5.57. The summed E-state index contributed by atoms with van der Waals surface area (Å²) in [6.45, 7) is 12.8. The number of rotatable bonds is 5. The van der Waals surface area contributed by atoms with Crippen LogP contribution in [0.2, 0.25) is 0 Å². The third-order valence-electron chi connectivity index (χ3n) is 3.01. The van der Waals surface area contributed by atoms with Gasteiger partial charge in [0.25, 0.3) is 0 Å². The van der Waals surface area contributed by atoms with Gasteiger partial charge in [-0.3, -0.25) is 0 Å². The van der Waals surface area contributed by atoms with E-state index in [9.17, 15) is 5.11 Å². The molecule has 0 aliphatic heterocycles. The van der Waals surface area contributed by atoms with Crippen LogP contribution in [0, 0.1) is 0 Å². The van der Waals surface area contributed by atoms with E-state index < -0.39 is 11.2 Å². The van der Waals surface area contributed by atoms with Crippen molar-refractivity contribution in [3.05, 3.63) is 23.9 Å². The van der Waals surface area contributed by atoms with Gasteiger partial charge in [0.2, 0.25) is 0 Å². The van der Waals surface area contributed by atoms with Crippen LogP contribution < -0.4 is 11.2 Å². The average Bonchev–Trinajstić information content (AvgIpc) is 2.38. The number of aliphatic hydroxyl groups is 1. The monoisotopic (exact) mass is 292 g/mol. The molecule has 0 amide bonds. The van der Waals surface area contributed by atoms with Gasteiger partial charge in [-0.1, -0.05) is 13.8 Å². The molecule has 3 N–H and O–H groups in total. The predicted octanol–water partition coefficient (Wildman–Crippen LogP) is 1.63. The van der Waals surface area contributed by atoms with Crippen LogP contribution in [-0.4, -0.2) is 33.8 Å². The highest BCUT2D eigenvalue weighted by Crippen LogP contribution is 2.24. The van der Waals surface area contributed by atoms with E-state index in [-0.39, 0.29) is 0 Å². The molecule has 0 unspecified atom stereocenters. The molecule has 5 nitrogen and oxygen atoms in total. The number of hydrogen-bond donors (Lipinski definition) is 2. The third-order valence-corrected chi connectivity index (χ3v) is 3.01. The maximum absolute atomic E-state index is 9.97. The fraction of sp³-hybridized carbons (Fsp3) is 0.600. The summed E-state index contributed by atoms with van der Waals surface area (Å²) in [5.41, 5.74) is 5.26. The number of hydrogen-bond acceptors (Lipinski definition) is 5. The topological polar surface area (TPSA) is 81.3 Å². The molecular weight excluding hydrogens is 265 g/mol. The Labute approximate surface area is 128 Å². The molecule has 0 aliphatic carbocycles. The van der Waals surface area contributed by atoms with E-state index in [1.807, 2.05) is 27.7 Å². The molecule has 1 heterocycles. The van der Waals surface area contributed by atoms with E-state index in [1.54, 1.807) is 46.7 Å².